The van der Waals surface area contributed by atoms with E-state index >= 15 is 0 Å². The third-order valence-electron chi connectivity index (χ3n) is 4.25. The van der Waals surface area contributed by atoms with Crippen LogP contribution in [0.5, 0.6) is 0 Å². The fourth-order valence-corrected chi connectivity index (χ4v) is 4.60. The van der Waals surface area contributed by atoms with Crippen molar-refractivity contribution in [2.75, 3.05) is 13.1 Å². The maximum Gasteiger partial charge on any atom is 0.243 e. The average Bonchev–Trinajstić information content (AvgIpc) is 3.04. The Balaban J connectivity index is 1.75. The lowest BCUT2D eigenvalue weighted by Gasteiger charge is -2.32. The molecule has 1 aromatic carbocycles. The highest BCUT2D eigenvalue weighted by atomic mass is 35.5. The highest BCUT2D eigenvalue weighted by Crippen LogP contribution is 2.28. The summed E-state index contributed by atoms with van der Waals surface area (Å²) < 4.78 is 29.1. The van der Waals surface area contributed by atoms with Crippen LogP contribution >= 0.6 is 11.6 Å². The van der Waals surface area contributed by atoms with E-state index in [4.69, 9.17) is 11.6 Å². The Morgan fingerprint density at radius 2 is 1.77 bits per heavy atom. The van der Waals surface area contributed by atoms with E-state index in [2.05, 4.69) is 4.57 Å². The second kappa shape index (κ2) is 6.07. The second-order valence-corrected chi connectivity index (χ2v) is 8.02. The van der Waals surface area contributed by atoms with Crippen LogP contribution in [-0.2, 0) is 10.0 Å². The Kier molecular flexibility index (Phi) is 4.30. The van der Waals surface area contributed by atoms with Crippen molar-refractivity contribution in [2.24, 2.45) is 0 Å². The molecule has 2 heterocycles. The molecule has 0 spiro atoms. The van der Waals surface area contributed by atoms with Crippen LogP contribution in [-0.4, -0.2) is 30.4 Å². The summed E-state index contributed by atoms with van der Waals surface area (Å²) in [7, 11) is -3.45. The van der Waals surface area contributed by atoms with Gasteiger partial charge in [0.15, 0.2) is 0 Å². The molecule has 0 unspecified atom stereocenters. The molecule has 1 aliphatic heterocycles. The van der Waals surface area contributed by atoms with Crippen LogP contribution in [0, 0.1) is 6.92 Å². The molecule has 0 bridgehead atoms. The first-order valence-electron chi connectivity index (χ1n) is 7.37. The van der Waals surface area contributed by atoms with E-state index in [-0.39, 0.29) is 4.90 Å². The zero-order valence-corrected chi connectivity index (χ0v) is 14.0. The number of aryl methyl sites for hydroxylation is 1. The van der Waals surface area contributed by atoms with Gasteiger partial charge < -0.3 is 4.57 Å². The molecule has 1 fully saturated rings. The summed E-state index contributed by atoms with van der Waals surface area (Å²) in [4.78, 5) is 0.280. The summed E-state index contributed by atoms with van der Waals surface area (Å²) >= 11 is 6.06. The van der Waals surface area contributed by atoms with Gasteiger partial charge in [-0.1, -0.05) is 17.7 Å². The van der Waals surface area contributed by atoms with E-state index in [0.29, 0.717) is 24.2 Å². The van der Waals surface area contributed by atoms with Gasteiger partial charge >= 0.3 is 0 Å². The number of hydrogen-bond donors (Lipinski definition) is 0. The van der Waals surface area contributed by atoms with Crippen molar-refractivity contribution >= 4 is 21.6 Å². The topological polar surface area (TPSA) is 42.3 Å². The number of sulfonamides is 1. The molecule has 4 nitrogen and oxygen atoms in total. The molecule has 6 heteroatoms. The minimum absolute atomic E-state index is 0.280. The number of rotatable bonds is 3. The van der Waals surface area contributed by atoms with Crippen molar-refractivity contribution in [3.05, 3.63) is 53.3 Å². The molecule has 1 aromatic heterocycles. The number of benzene rings is 1. The molecule has 3 rings (SSSR count). The quantitative estimate of drug-likeness (QED) is 0.859. The van der Waals surface area contributed by atoms with Crippen LogP contribution in [0.3, 0.4) is 0 Å². The van der Waals surface area contributed by atoms with Gasteiger partial charge in [-0.3, -0.25) is 0 Å². The van der Waals surface area contributed by atoms with Crippen LogP contribution in [0.2, 0.25) is 5.02 Å². The van der Waals surface area contributed by atoms with Gasteiger partial charge in [0.25, 0.3) is 0 Å². The molecular weight excluding hydrogens is 320 g/mol. The van der Waals surface area contributed by atoms with E-state index in [0.717, 1.165) is 18.4 Å². The maximum absolute atomic E-state index is 12.7. The first kappa shape index (κ1) is 15.6. The van der Waals surface area contributed by atoms with Gasteiger partial charge in [-0.2, -0.15) is 4.31 Å². The third-order valence-corrected chi connectivity index (χ3v) is 6.56. The van der Waals surface area contributed by atoms with Gasteiger partial charge in [-0.15, -0.1) is 0 Å². The average molecular weight is 339 g/mol. The molecule has 0 radical (unpaired) electrons. The van der Waals surface area contributed by atoms with Gasteiger partial charge in [-0.05, 0) is 49.6 Å². The lowest BCUT2D eigenvalue weighted by Crippen LogP contribution is -2.38. The Morgan fingerprint density at radius 1 is 1.14 bits per heavy atom. The normalized spacial score (nSPS) is 17.7. The summed E-state index contributed by atoms with van der Waals surface area (Å²) in [6.45, 7) is 2.94. The van der Waals surface area contributed by atoms with Gasteiger partial charge in [-0.25, -0.2) is 8.42 Å². The van der Waals surface area contributed by atoms with E-state index < -0.39 is 10.0 Å². The molecule has 0 amide bonds. The number of aromatic nitrogens is 1. The van der Waals surface area contributed by atoms with Crippen LogP contribution < -0.4 is 0 Å². The van der Waals surface area contributed by atoms with E-state index in [1.807, 2.05) is 31.5 Å². The Labute approximate surface area is 136 Å². The van der Waals surface area contributed by atoms with Crippen LogP contribution in [0.25, 0.3) is 0 Å². The first-order valence-corrected chi connectivity index (χ1v) is 9.19. The Bertz CT molecular complexity index is 748. The molecule has 2 aromatic rings. The van der Waals surface area contributed by atoms with Gasteiger partial charge in [0.2, 0.25) is 10.0 Å². The molecule has 1 saturated heterocycles. The molecule has 0 atom stereocenters. The van der Waals surface area contributed by atoms with Gasteiger partial charge in [0, 0.05) is 36.5 Å². The van der Waals surface area contributed by atoms with Gasteiger partial charge in [0.1, 0.15) is 0 Å². The SMILES string of the molecule is Cc1ccc(S(=O)(=O)N2CCC(n3cccc3)CC2)cc1Cl. The lowest BCUT2D eigenvalue weighted by atomic mass is 10.1. The summed E-state index contributed by atoms with van der Waals surface area (Å²) in [6, 6.07) is 9.30. The van der Waals surface area contributed by atoms with E-state index in [9.17, 15) is 8.42 Å². The van der Waals surface area contributed by atoms with Crippen molar-refractivity contribution in [3.8, 4) is 0 Å². The molecule has 0 N–H and O–H groups in total. The number of hydrogen-bond acceptors (Lipinski definition) is 2. The zero-order valence-electron chi connectivity index (χ0n) is 12.4. The fourth-order valence-electron chi connectivity index (χ4n) is 2.86. The van der Waals surface area contributed by atoms with Crippen LogP contribution in [0.4, 0.5) is 0 Å². The zero-order chi connectivity index (χ0) is 15.7. The monoisotopic (exact) mass is 338 g/mol. The highest BCUT2D eigenvalue weighted by Gasteiger charge is 2.29. The fraction of sp³-hybridized carbons (Fsp3) is 0.375. The Morgan fingerprint density at radius 3 is 2.36 bits per heavy atom. The predicted molar refractivity (Wildman–Crippen MR) is 87.7 cm³/mol. The predicted octanol–water partition coefficient (Wildman–Crippen LogP) is 3.48. The molecular formula is C16H19ClN2O2S. The van der Waals surface area contributed by atoms with Crippen molar-refractivity contribution in [1.82, 2.24) is 8.87 Å². The van der Waals surface area contributed by atoms with E-state index in [1.165, 1.54) is 0 Å². The van der Waals surface area contributed by atoms with Crippen LogP contribution in [0.1, 0.15) is 24.4 Å². The molecule has 0 aliphatic carbocycles. The number of halogens is 1. The minimum atomic E-state index is -3.45. The Hall–Kier alpha value is -1.30. The van der Waals surface area contributed by atoms with E-state index in [1.54, 1.807) is 22.5 Å². The van der Waals surface area contributed by atoms with Crippen molar-refractivity contribution in [3.63, 3.8) is 0 Å². The highest BCUT2D eigenvalue weighted by molar-refractivity contribution is 7.89. The lowest BCUT2D eigenvalue weighted by molar-refractivity contribution is 0.274. The molecule has 0 saturated carbocycles. The van der Waals surface area contributed by atoms with Gasteiger partial charge in [0.05, 0.1) is 4.90 Å². The molecule has 22 heavy (non-hydrogen) atoms. The largest absolute Gasteiger partial charge is 0.351 e. The number of piperidine rings is 1. The van der Waals surface area contributed by atoms with Crippen molar-refractivity contribution in [1.29, 1.82) is 0 Å². The second-order valence-electron chi connectivity index (χ2n) is 5.68. The first-order chi connectivity index (χ1) is 10.5. The summed E-state index contributed by atoms with van der Waals surface area (Å²) in [5.74, 6) is 0. The minimum Gasteiger partial charge on any atom is -0.351 e. The third kappa shape index (κ3) is 2.93. The summed E-state index contributed by atoms with van der Waals surface area (Å²) in [5, 5.41) is 0.489. The molecule has 118 valence electrons. The number of nitrogens with zero attached hydrogens (tertiary/aromatic N) is 2. The summed E-state index contributed by atoms with van der Waals surface area (Å²) in [6.07, 6.45) is 5.73. The standard InChI is InChI=1S/C16H19ClN2O2S/c1-13-4-5-15(12-16(13)17)22(20,21)19-10-6-14(7-11-19)18-8-2-3-9-18/h2-5,8-9,12,14H,6-7,10-11H2,1H3. The van der Waals surface area contributed by atoms with Crippen molar-refractivity contribution in [2.45, 2.75) is 30.7 Å². The molecule has 1 aliphatic rings. The maximum atomic E-state index is 12.7. The van der Waals surface area contributed by atoms with Crippen molar-refractivity contribution < 1.29 is 8.42 Å². The van der Waals surface area contributed by atoms with Crippen LogP contribution in [0.15, 0.2) is 47.6 Å². The summed E-state index contributed by atoms with van der Waals surface area (Å²) in [5.41, 5.74) is 0.881. The smallest absolute Gasteiger partial charge is 0.243 e.